The number of amides is 1. The standard InChI is InChI=1S/C15H18N4O3/c1-9-8-12(20)10-6-5-7-11-13(10)19(17-16-11)18(9)14(21)22-15(2,3)4/h5-7,9H,8H2,1-4H3. The maximum atomic E-state index is 12.5. The molecule has 0 saturated carbocycles. The first-order valence-electron chi connectivity index (χ1n) is 7.18. The van der Waals surface area contributed by atoms with Crippen molar-refractivity contribution in [2.24, 2.45) is 0 Å². The highest BCUT2D eigenvalue weighted by Crippen LogP contribution is 2.25. The van der Waals surface area contributed by atoms with Crippen LogP contribution < -0.4 is 5.01 Å². The van der Waals surface area contributed by atoms with E-state index in [0.29, 0.717) is 16.6 Å². The van der Waals surface area contributed by atoms with Gasteiger partial charge < -0.3 is 4.74 Å². The molecule has 116 valence electrons. The highest BCUT2D eigenvalue weighted by Gasteiger charge is 2.34. The van der Waals surface area contributed by atoms with E-state index >= 15 is 0 Å². The van der Waals surface area contributed by atoms with Crippen LogP contribution in [0.2, 0.25) is 0 Å². The van der Waals surface area contributed by atoms with Gasteiger partial charge in [-0.1, -0.05) is 6.07 Å². The first kappa shape index (κ1) is 14.5. The Morgan fingerprint density at radius 2 is 2.09 bits per heavy atom. The summed E-state index contributed by atoms with van der Waals surface area (Å²) >= 11 is 0. The lowest BCUT2D eigenvalue weighted by Crippen LogP contribution is -2.49. The fourth-order valence-electron chi connectivity index (χ4n) is 2.55. The van der Waals surface area contributed by atoms with Crippen molar-refractivity contribution in [3.63, 3.8) is 0 Å². The predicted molar refractivity (Wildman–Crippen MR) is 80.4 cm³/mol. The van der Waals surface area contributed by atoms with Gasteiger partial charge in [-0.25, -0.2) is 4.79 Å². The molecule has 2 aromatic rings. The fraction of sp³-hybridized carbons (Fsp3) is 0.467. The van der Waals surface area contributed by atoms with Gasteiger partial charge in [-0.2, -0.15) is 5.01 Å². The van der Waals surface area contributed by atoms with E-state index in [1.54, 1.807) is 45.9 Å². The normalized spacial score (nSPS) is 18.5. The van der Waals surface area contributed by atoms with Gasteiger partial charge in [-0.3, -0.25) is 4.79 Å². The second-order valence-electron chi connectivity index (χ2n) is 6.45. The Morgan fingerprint density at radius 1 is 1.36 bits per heavy atom. The predicted octanol–water partition coefficient (Wildman–Crippen LogP) is 2.28. The van der Waals surface area contributed by atoms with Crippen molar-refractivity contribution in [1.29, 1.82) is 0 Å². The van der Waals surface area contributed by atoms with E-state index in [1.807, 2.05) is 0 Å². The minimum atomic E-state index is -0.633. The highest BCUT2D eigenvalue weighted by molar-refractivity contribution is 6.07. The van der Waals surface area contributed by atoms with Gasteiger partial charge in [0.25, 0.3) is 0 Å². The van der Waals surface area contributed by atoms with Crippen LogP contribution in [0.25, 0.3) is 11.0 Å². The third-order valence-corrected chi connectivity index (χ3v) is 3.44. The second kappa shape index (κ2) is 4.79. The number of hydrogen-bond acceptors (Lipinski definition) is 5. The number of carbonyl (C=O) groups is 2. The van der Waals surface area contributed by atoms with E-state index in [4.69, 9.17) is 4.74 Å². The third-order valence-electron chi connectivity index (χ3n) is 3.44. The molecule has 1 unspecified atom stereocenters. The number of hydrogen-bond donors (Lipinski definition) is 0. The van der Waals surface area contributed by atoms with Crippen LogP contribution in [0, 0.1) is 0 Å². The molecular weight excluding hydrogens is 284 g/mol. The summed E-state index contributed by atoms with van der Waals surface area (Å²) in [6, 6.07) is 4.89. The summed E-state index contributed by atoms with van der Waals surface area (Å²) in [5.74, 6) is -0.0345. The average molecular weight is 302 g/mol. The van der Waals surface area contributed by atoms with E-state index < -0.39 is 11.7 Å². The molecule has 0 saturated heterocycles. The van der Waals surface area contributed by atoms with Crippen LogP contribution in [-0.2, 0) is 4.74 Å². The van der Waals surface area contributed by atoms with Crippen molar-refractivity contribution in [1.82, 2.24) is 15.1 Å². The summed E-state index contributed by atoms with van der Waals surface area (Å²) in [6.07, 6.45) is -0.335. The van der Waals surface area contributed by atoms with E-state index in [-0.39, 0.29) is 18.2 Å². The molecule has 2 heterocycles. The minimum absolute atomic E-state index is 0.0345. The van der Waals surface area contributed by atoms with Crippen molar-refractivity contribution in [2.45, 2.75) is 45.8 Å². The second-order valence-corrected chi connectivity index (χ2v) is 6.45. The van der Waals surface area contributed by atoms with Gasteiger partial charge in [-0.15, -0.1) is 9.89 Å². The molecule has 1 atom stereocenters. The molecule has 1 amide bonds. The lowest BCUT2D eigenvalue weighted by molar-refractivity contribution is 0.0513. The van der Waals surface area contributed by atoms with Crippen LogP contribution in [0.3, 0.4) is 0 Å². The Bertz CT molecular complexity index is 760. The molecular formula is C15H18N4O3. The van der Waals surface area contributed by atoms with Crippen LogP contribution in [0.4, 0.5) is 4.79 Å². The number of para-hydroxylation sites is 1. The third kappa shape index (κ3) is 2.32. The van der Waals surface area contributed by atoms with E-state index in [0.717, 1.165) is 0 Å². The van der Waals surface area contributed by atoms with E-state index in [1.165, 1.54) is 9.80 Å². The lowest BCUT2D eigenvalue weighted by Gasteiger charge is -2.29. The van der Waals surface area contributed by atoms with Gasteiger partial charge in [-0.05, 0) is 45.0 Å². The van der Waals surface area contributed by atoms with Crippen molar-refractivity contribution >= 4 is 22.9 Å². The monoisotopic (exact) mass is 302 g/mol. The highest BCUT2D eigenvalue weighted by atomic mass is 16.6. The van der Waals surface area contributed by atoms with Crippen LogP contribution in [0.15, 0.2) is 18.2 Å². The van der Waals surface area contributed by atoms with Gasteiger partial charge >= 0.3 is 6.09 Å². The summed E-state index contributed by atoms with van der Waals surface area (Å²) < 4.78 is 5.44. The van der Waals surface area contributed by atoms with E-state index in [9.17, 15) is 9.59 Å². The quantitative estimate of drug-likeness (QED) is 0.746. The maximum Gasteiger partial charge on any atom is 0.431 e. The molecule has 0 aliphatic carbocycles. The Kier molecular flexibility index (Phi) is 3.16. The van der Waals surface area contributed by atoms with Crippen molar-refractivity contribution in [3.05, 3.63) is 23.8 Å². The van der Waals surface area contributed by atoms with Gasteiger partial charge in [0.2, 0.25) is 0 Å². The maximum absolute atomic E-state index is 12.5. The first-order valence-corrected chi connectivity index (χ1v) is 7.18. The summed E-state index contributed by atoms with van der Waals surface area (Å²) in [5, 5.41) is 9.44. The summed E-state index contributed by atoms with van der Waals surface area (Å²) in [6.45, 7) is 7.18. The number of benzene rings is 1. The molecule has 1 aromatic heterocycles. The van der Waals surface area contributed by atoms with Crippen LogP contribution >= 0.6 is 0 Å². The van der Waals surface area contributed by atoms with Crippen molar-refractivity contribution in [2.75, 3.05) is 5.01 Å². The summed E-state index contributed by atoms with van der Waals surface area (Å²) in [5.41, 5.74) is 1.02. The van der Waals surface area contributed by atoms with Gasteiger partial charge in [0.1, 0.15) is 16.6 Å². The first-order chi connectivity index (χ1) is 10.3. The number of ether oxygens (including phenoxy) is 1. The van der Waals surface area contributed by atoms with Crippen LogP contribution in [-0.4, -0.2) is 38.6 Å². The Hall–Kier alpha value is -2.44. The van der Waals surface area contributed by atoms with E-state index in [2.05, 4.69) is 10.3 Å². The van der Waals surface area contributed by atoms with Crippen LogP contribution in [0.1, 0.15) is 44.5 Å². The number of rotatable bonds is 0. The molecule has 1 aliphatic heterocycles. The smallest absolute Gasteiger partial charge is 0.431 e. The minimum Gasteiger partial charge on any atom is -0.442 e. The Balaban J connectivity index is 2.14. The topological polar surface area (TPSA) is 77.3 Å². The fourth-order valence-corrected chi connectivity index (χ4v) is 2.55. The largest absolute Gasteiger partial charge is 0.442 e. The van der Waals surface area contributed by atoms with Crippen LogP contribution in [0.5, 0.6) is 0 Å². The molecule has 7 nitrogen and oxygen atoms in total. The molecule has 7 heteroatoms. The molecule has 22 heavy (non-hydrogen) atoms. The van der Waals surface area contributed by atoms with Gasteiger partial charge in [0, 0.05) is 12.0 Å². The molecule has 1 aromatic carbocycles. The SMILES string of the molecule is CC1CC(=O)c2cccc3nnn(c23)N1C(=O)OC(C)(C)C. The number of Topliss-reactive ketones (excluding diaryl/α,β-unsaturated/α-hetero) is 1. The zero-order valence-corrected chi connectivity index (χ0v) is 13.0. The molecule has 1 aliphatic rings. The molecule has 0 fully saturated rings. The Labute approximate surface area is 127 Å². The number of carbonyl (C=O) groups excluding carboxylic acids is 2. The number of ketones is 1. The molecule has 0 N–H and O–H groups in total. The zero-order valence-electron chi connectivity index (χ0n) is 13.0. The Morgan fingerprint density at radius 3 is 2.77 bits per heavy atom. The molecule has 0 spiro atoms. The zero-order chi connectivity index (χ0) is 16.1. The number of nitrogens with zero attached hydrogens (tertiary/aromatic N) is 4. The summed E-state index contributed by atoms with van der Waals surface area (Å²) in [4.78, 5) is 26.3. The lowest BCUT2D eigenvalue weighted by atomic mass is 10.0. The molecule has 0 radical (unpaired) electrons. The van der Waals surface area contributed by atoms with Crippen molar-refractivity contribution in [3.8, 4) is 0 Å². The van der Waals surface area contributed by atoms with Gasteiger partial charge in [0.15, 0.2) is 5.78 Å². The summed E-state index contributed by atoms with van der Waals surface area (Å²) in [7, 11) is 0. The van der Waals surface area contributed by atoms with Gasteiger partial charge in [0.05, 0.1) is 6.04 Å². The number of aromatic nitrogens is 3. The molecule has 3 rings (SSSR count). The average Bonchev–Trinajstić information content (AvgIpc) is 2.75. The van der Waals surface area contributed by atoms with Crippen molar-refractivity contribution < 1.29 is 14.3 Å². The molecule has 0 bridgehead atoms.